The van der Waals surface area contributed by atoms with Crippen molar-refractivity contribution in [1.82, 2.24) is 5.32 Å². The molecule has 0 bridgehead atoms. The molecule has 1 N–H and O–H groups in total. The van der Waals surface area contributed by atoms with Crippen LogP contribution < -0.4 is 10.1 Å². The van der Waals surface area contributed by atoms with Crippen molar-refractivity contribution >= 4 is 0 Å². The molecule has 1 unspecified atom stereocenters. The van der Waals surface area contributed by atoms with Crippen LogP contribution in [0, 0.1) is 0 Å². The molecule has 2 heteroatoms. The Morgan fingerprint density at radius 2 is 1.88 bits per heavy atom. The third-order valence-electron chi connectivity index (χ3n) is 2.47. The average Bonchev–Trinajstić information content (AvgIpc) is 2.28. The molecule has 0 saturated heterocycles. The summed E-state index contributed by atoms with van der Waals surface area (Å²) in [6.07, 6.45) is 3.16. The highest BCUT2D eigenvalue weighted by atomic mass is 16.5. The fourth-order valence-corrected chi connectivity index (χ4v) is 1.58. The van der Waals surface area contributed by atoms with Gasteiger partial charge in [-0.2, -0.15) is 0 Å². The molecular weight excluding hydrogens is 210 g/mol. The molecule has 0 aromatic heterocycles. The zero-order valence-electron chi connectivity index (χ0n) is 11.1. The lowest BCUT2D eigenvalue weighted by molar-refractivity contribution is 0.242. The second kappa shape index (κ2) is 7.13. The van der Waals surface area contributed by atoms with Crippen LogP contribution in [0.4, 0.5) is 0 Å². The van der Waals surface area contributed by atoms with Crippen LogP contribution in [-0.4, -0.2) is 12.1 Å². The fraction of sp³-hybridized carbons (Fsp3) is 0.467. The maximum atomic E-state index is 5.60. The van der Waals surface area contributed by atoms with E-state index in [1.54, 1.807) is 0 Å². The summed E-state index contributed by atoms with van der Waals surface area (Å²) in [5.41, 5.74) is 1.28. The predicted molar refractivity (Wildman–Crippen MR) is 73.3 cm³/mol. The first kappa shape index (κ1) is 13.8. The molecule has 0 aliphatic rings. The second-order valence-corrected chi connectivity index (χ2v) is 4.62. The van der Waals surface area contributed by atoms with Gasteiger partial charge in [0.2, 0.25) is 0 Å². The molecule has 1 rings (SSSR count). The van der Waals surface area contributed by atoms with Crippen molar-refractivity contribution in [2.75, 3.05) is 0 Å². The molecule has 94 valence electrons. The standard InChI is InChI=1S/C15H23NO/c1-5-6-13(4)16-11-14-7-9-15(10-8-14)17-12(2)3/h5,7-10,12-13,16H,1,6,11H2,2-4H3. The Hall–Kier alpha value is -1.28. The van der Waals surface area contributed by atoms with Crippen molar-refractivity contribution in [1.29, 1.82) is 0 Å². The Bertz CT molecular complexity index is 329. The van der Waals surface area contributed by atoms with Gasteiger partial charge >= 0.3 is 0 Å². The first-order valence-corrected chi connectivity index (χ1v) is 6.21. The number of nitrogens with one attached hydrogen (secondary N) is 1. The van der Waals surface area contributed by atoms with Gasteiger partial charge in [-0.05, 0) is 44.9 Å². The minimum atomic E-state index is 0.228. The van der Waals surface area contributed by atoms with Gasteiger partial charge in [0.15, 0.2) is 0 Å². The van der Waals surface area contributed by atoms with E-state index in [0.717, 1.165) is 18.7 Å². The number of hydrogen-bond donors (Lipinski definition) is 1. The molecule has 0 aliphatic carbocycles. The van der Waals surface area contributed by atoms with Gasteiger partial charge in [-0.15, -0.1) is 6.58 Å². The van der Waals surface area contributed by atoms with Gasteiger partial charge in [-0.1, -0.05) is 18.2 Å². The third kappa shape index (κ3) is 5.55. The normalized spacial score (nSPS) is 12.5. The highest BCUT2D eigenvalue weighted by Crippen LogP contribution is 2.13. The van der Waals surface area contributed by atoms with Gasteiger partial charge < -0.3 is 10.1 Å². The molecule has 0 saturated carbocycles. The van der Waals surface area contributed by atoms with Crippen molar-refractivity contribution in [3.05, 3.63) is 42.5 Å². The van der Waals surface area contributed by atoms with Gasteiger partial charge in [-0.25, -0.2) is 0 Å². The summed E-state index contributed by atoms with van der Waals surface area (Å²) in [6, 6.07) is 8.72. The van der Waals surface area contributed by atoms with Crippen LogP contribution in [0.25, 0.3) is 0 Å². The van der Waals surface area contributed by atoms with Crippen molar-refractivity contribution in [3.63, 3.8) is 0 Å². The number of ether oxygens (including phenoxy) is 1. The van der Waals surface area contributed by atoms with Crippen molar-refractivity contribution in [2.24, 2.45) is 0 Å². The van der Waals surface area contributed by atoms with E-state index in [2.05, 4.69) is 31.0 Å². The van der Waals surface area contributed by atoms with Crippen molar-refractivity contribution < 1.29 is 4.74 Å². The first-order chi connectivity index (χ1) is 8.11. The Morgan fingerprint density at radius 1 is 1.24 bits per heavy atom. The molecule has 0 aliphatic heterocycles. The van der Waals surface area contributed by atoms with Gasteiger partial charge in [0, 0.05) is 12.6 Å². The minimum absolute atomic E-state index is 0.228. The van der Waals surface area contributed by atoms with Gasteiger partial charge in [0.05, 0.1) is 6.10 Å². The number of rotatable bonds is 7. The summed E-state index contributed by atoms with van der Waals surface area (Å²) < 4.78 is 5.60. The lowest BCUT2D eigenvalue weighted by atomic mass is 10.2. The van der Waals surface area contributed by atoms with Crippen LogP contribution in [0.5, 0.6) is 5.75 Å². The predicted octanol–water partition coefficient (Wildman–Crippen LogP) is 3.53. The molecule has 0 heterocycles. The molecule has 1 aromatic carbocycles. The molecule has 1 aromatic rings. The van der Waals surface area contributed by atoms with E-state index in [1.165, 1.54) is 5.56 Å². The van der Waals surface area contributed by atoms with Crippen LogP contribution >= 0.6 is 0 Å². The SMILES string of the molecule is C=CCC(C)NCc1ccc(OC(C)C)cc1. The maximum absolute atomic E-state index is 5.60. The monoisotopic (exact) mass is 233 g/mol. The molecule has 0 amide bonds. The van der Waals surface area contributed by atoms with E-state index in [-0.39, 0.29) is 6.10 Å². The zero-order chi connectivity index (χ0) is 12.7. The van der Waals surface area contributed by atoms with E-state index < -0.39 is 0 Å². The van der Waals surface area contributed by atoms with Crippen LogP contribution in [0.1, 0.15) is 32.8 Å². The first-order valence-electron chi connectivity index (χ1n) is 6.21. The highest BCUT2D eigenvalue weighted by Gasteiger charge is 2.00. The van der Waals surface area contributed by atoms with Crippen molar-refractivity contribution in [2.45, 2.75) is 45.9 Å². The smallest absolute Gasteiger partial charge is 0.119 e. The van der Waals surface area contributed by atoms with E-state index in [0.29, 0.717) is 6.04 Å². The average molecular weight is 233 g/mol. The van der Waals surface area contributed by atoms with Crippen LogP contribution in [-0.2, 0) is 6.54 Å². The minimum Gasteiger partial charge on any atom is -0.491 e. The summed E-state index contributed by atoms with van der Waals surface area (Å²) in [5, 5.41) is 3.45. The van der Waals surface area contributed by atoms with E-state index >= 15 is 0 Å². The van der Waals surface area contributed by atoms with Crippen LogP contribution in [0.2, 0.25) is 0 Å². The molecule has 2 nitrogen and oxygen atoms in total. The summed E-state index contributed by atoms with van der Waals surface area (Å²) in [6.45, 7) is 10.9. The van der Waals surface area contributed by atoms with Crippen LogP contribution in [0.3, 0.4) is 0 Å². The maximum Gasteiger partial charge on any atom is 0.119 e. The second-order valence-electron chi connectivity index (χ2n) is 4.62. The summed E-state index contributed by atoms with van der Waals surface area (Å²) in [4.78, 5) is 0. The number of hydrogen-bond acceptors (Lipinski definition) is 2. The van der Waals surface area contributed by atoms with Gasteiger partial charge in [0.1, 0.15) is 5.75 Å². The molecular formula is C15H23NO. The van der Waals surface area contributed by atoms with E-state index in [4.69, 9.17) is 4.74 Å². The molecule has 17 heavy (non-hydrogen) atoms. The Kier molecular flexibility index (Phi) is 5.78. The molecule has 1 atom stereocenters. The Balaban J connectivity index is 2.42. The summed E-state index contributed by atoms with van der Waals surface area (Å²) in [5.74, 6) is 0.933. The third-order valence-corrected chi connectivity index (χ3v) is 2.47. The fourth-order valence-electron chi connectivity index (χ4n) is 1.58. The quantitative estimate of drug-likeness (QED) is 0.727. The van der Waals surface area contributed by atoms with E-state index in [9.17, 15) is 0 Å². The lowest BCUT2D eigenvalue weighted by Crippen LogP contribution is -2.24. The zero-order valence-corrected chi connectivity index (χ0v) is 11.1. The summed E-state index contributed by atoms with van der Waals surface area (Å²) >= 11 is 0. The van der Waals surface area contributed by atoms with Crippen LogP contribution in [0.15, 0.2) is 36.9 Å². The Morgan fingerprint density at radius 3 is 2.41 bits per heavy atom. The number of benzene rings is 1. The molecule has 0 fully saturated rings. The van der Waals surface area contributed by atoms with E-state index in [1.807, 2.05) is 32.1 Å². The molecule has 0 spiro atoms. The summed E-state index contributed by atoms with van der Waals surface area (Å²) in [7, 11) is 0. The molecule has 0 radical (unpaired) electrons. The lowest BCUT2D eigenvalue weighted by Gasteiger charge is -2.13. The van der Waals surface area contributed by atoms with Gasteiger partial charge in [0.25, 0.3) is 0 Å². The Labute approximate surface area is 105 Å². The highest BCUT2D eigenvalue weighted by molar-refractivity contribution is 5.27. The topological polar surface area (TPSA) is 21.3 Å². The largest absolute Gasteiger partial charge is 0.491 e. The van der Waals surface area contributed by atoms with Gasteiger partial charge in [-0.3, -0.25) is 0 Å². The van der Waals surface area contributed by atoms with Crippen molar-refractivity contribution in [3.8, 4) is 5.75 Å².